The molecule has 0 radical (unpaired) electrons. The molecule has 1 aliphatic heterocycles. The quantitative estimate of drug-likeness (QED) is 0.328. The van der Waals surface area contributed by atoms with Crippen LogP contribution in [-0.4, -0.2) is 61.1 Å². The molecular weight excluding hydrogens is 487 g/mol. The summed E-state index contributed by atoms with van der Waals surface area (Å²) in [4.78, 5) is 15.3. The summed E-state index contributed by atoms with van der Waals surface area (Å²) < 4.78 is 26.2. The lowest BCUT2D eigenvalue weighted by Crippen LogP contribution is -2.35. The Morgan fingerprint density at radius 3 is 2.84 bits per heavy atom. The molecule has 0 spiro atoms. The number of benzene rings is 2. The third-order valence-electron chi connectivity index (χ3n) is 6.22. The Balaban J connectivity index is 1.15. The van der Waals surface area contributed by atoms with E-state index in [1.165, 1.54) is 18.5 Å². The molecule has 11 heteroatoms. The zero-order valence-corrected chi connectivity index (χ0v) is 20.5. The van der Waals surface area contributed by atoms with Gasteiger partial charge in [0, 0.05) is 42.0 Å². The van der Waals surface area contributed by atoms with Gasteiger partial charge in [0.2, 0.25) is 0 Å². The third kappa shape index (κ3) is 5.58. The standard InChI is InChI=1S/C27H25FN8O2/c28-22-3-1-2-19(12-22)16-36-24-6-5-23(13-21(24)15-31-36)32-27-20(14-29-18-30-27)4-7-26-33-25(34-38-26)17-35-8-10-37-11-9-35/h1-7,12-15,18H,8-11,16-17H2,(H,29,30,32). The number of anilines is 2. The Kier molecular flexibility index (Phi) is 6.83. The zero-order valence-electron chi connectivity index (χ0n) is 20.5. The average Bonchev–Trinajstić information content (AvgIpc) is 3.55. The molecule has 0 unspecified atom stereocenters. The molecule has 1 saturated heterocycles. The Morgan fingerprint density at radius 1 is 1.03 bits per heavy atom. The Hall–Kier alpha value is -4.48. The number of morpholine rings is 1. The number of halogens is 1. The van der Waals surface area contributed by atoms with Gasteiger partial charge in [-0.1, -0.05) is 17.3 Å². The number of nitrogens with zero attached hydrogens (tertiary/aromatic N) is 7. The maximum atomic E-state index is 13.6. The number of aromatic nitrogens is 6. The molecule has 2 aromatic carbocycles. The van der Waals surface area contributed by atoms with Crippen LogP contribution < -0.4 is 5.32 Å². The van der Waals surface area contributed by atoms with E-state index in [-0.39, 0.29) is 5.82 Å². The summed E-state index contributed by atoms with van der Waals surface area (Å²) in [6.45, 7) is 4.27. The average molecular weight is 513 g/mol. The van der Waals surface area contributed by atoms with Crippen molar-refractivity contribution in [1.82, 2.24) is 34.8 Å². The zero-order chi connectivity index (χ0) is 25.7. The minimum atomic E-state index is -0.257. The molecule has 38 heavy (non-hydrogen) atoms. The van der Waals surface area contributed by atoms with Gasteiger partial charge in [-0.2, -0.15) is 10.1 Å². The smallest absolute Gasteiger partial charge is 0.250 e. The normalized spacial score (nSPS) is 14.4. The van der Waals surface area contributed by atoms with Crippen molar-refractivity contribution < 1.29 is 13.7 Å². The van der Waals surface area contributed by atoms with Gasteiger partial charge in [-0.05, 0) is 42.0 Å². The second-order valence-electron chi connectivity index (χ2n) is 8.93. The van der Waals surface area contributed by atoms with Gasteiger partial charge in [0.05, 0.1) is 38.0 Å². The molecule has 0 amide bonds. The van der Waals surface area contributed by atoms with Crippen molar-refractivity contribution in [2.45, 2.75) is 13.1 Å². The van der Waals surface area contributed by atoms with E-state index in [0.29, 0.717) is 30.6 Å². The van der Waals surface area contributed by atoms with Crippen LogP contribution in [0.2, 0.25) is 0 Å². The topological polar surface area (TPSA) is 107 Å². The summed E-state index contributed by atoms with van der Waals surface area (Å²) in [7, 11) is 0. The van der Waals surface area contributed by atoms with E-state index in [2.05, 4.69) is 35.4 Å². The number of rotatable bonds is 8. The van der Waals surface area contributed by atoms with Crippen molar-refractivity contribution in [2.24, 2.45) is 0 Å². The minimum Gasteiger partial charge on any atom is -0.379 e. The molecule has 0 saturated carbocycles. The van der Waals surface area contributed by atoms with Crippen molar-refractivity contribution >= 4 is 34.6 Å². The largest absolute Gasteiger partial charge is 0.379 e. The summed E-state index contributed by atoms with van der Waals surface area (Å²) in [6, 6.07) is 12.5. The summed E-state index contributed by atoms with van der Waals surface area (Å²) in [6.07, 6.45) is 8.59. The van der Waals surface area contributed by atoms with Crippen molar-refractivity contribution in [3.05, 3.63) is 89.8 Å². The molecule has 4 heterocycles. The van der Waals surface area contributed by atoms with Crippen LogP contribution in [0.15, 0.2) is 65.7 Å². The summed E-state index contributed by atoms with van der Waals surface area (Å²) in [5, 5.41) is 12.9. The second kappa shape index (κ2) is 10.9. The summed E-state index contributed by atoms with van der Waals surface area (Å²) in [5.41, 5.74) is 3.42. The Morgan fingerprint density at radius 2 is 1.95 bits per heavy atom. The van der Waals surface area contributed by atoms with Gasteiger partial charge < -0.3 is 14.6 Å². The van der Waals surface area contributed by atoms with E-state index >= 15 is 0 Å². The molecule has 0 atom stereocenters. The highest BCUT2D eigenvalue weighted by molar-refractivity contribution is 5.84. The monoisotopic (exact) mass is 512 g/mol. The highest BCUT2D eigenvalue weighted by Gasteiger charge is 2.14. The van der Waals surface area contributed by atoms with E-state index in [0.717, 1.165) is 54.0 Å². The number of nitrogens with one attached hydrogen (secondary N) is 1. The molecule has 6 rings (SSSR count). The molecule has 0 aliphatic carbocycles. The predicted octanol–water partition coefficient (Wildman–Crippen LogP) is 4.14. The summed E-state index contributed by atoms with van der Waals surface area (Å²) in [5.74, 6) is 1.43. The Labute approximate surface area is 217 Å². The molecule has 0 bridgehead atoms. The fourth-order valence-electron chi connectivity index (χ4n) is 4.32. The molecule has 192 valence electrons. The van der Waals surface area contributed by atoms with Crippen LogP contribution in [0, 0.1) is 5.82 Å². The molecule has 5 aromatic rings. The Bertz CT molecular complexity index is 1570. The van der Waals surface area contributed by atoms with Crippen LogP contribution in [0.3, 0.4) is 0 Å². The lowest BCUT2D eigenvalue weighted by molar-refractivity contribution is 0.0327. The first-order chi connectivity index (χ1) is 18.7. The molecule has 3 aromatic heterocycles. The van der Waals surface area contributed by atoms with Gasteiger partial charge >= 0.3 is 0 Å². The van der Waals surface area contributed by atoms with Crippen LogP contribution in [0.4, 0.5) is 15.9 Å². The maximum Gasteiger partial charge on any atom is 0.250 e. The van der Waals surface area contributed by atoms with Gasteiger partial charge in [0.1, 0.15) is 18.0 Å². The fraction of sp³-hybridized carbons (Fsp3) is 0.222. The van der Waals surface area contributed by atoms with E-state index in [9.17, 15) is 4.39 Å². The second-order valence-corrected chi connectivity index (χ2v) is 8.93. The number of ether oxygens (including phenoxy) is 1. The lowest BCUT2D eigenvalue weighted by atomic mass is 10.2. The van der Waals surface area contributed by atoms with Crippen LogP contribution in [0.25, 0.3) is 23.1 Å². The van der Waals surface area contributed by atoms with Crippen molar-refractivity contribution in [1.29, 1.82) is 0 Å². The fourth-order valence-corrected chi connectivity index (χ4v) is 4.32. The van der Waals surface area contributed by atoms with Crippen LogP contribution in [0.1, 0.15) is 22.8 Å². The highest BCUT2D eigenvalue weighted by Crippen LogP contribution is 2.24. The first-order valence-electron chi connectivity index (χ1n) is 12.3. The predicted molar refractivity (Wildman–Crippen MR) is 140 cm³/mol. The molecular formula is C27H25FN8O2. The highest BCUT2D eigenvalue weighted by atomic mass is 19.1. The SMILES string of the molecule is Fc1cccc(Cn2ncc3cc(Nc4ncncc4C=Cc4nc(CN5CCOCC5)no4)ccc32)c1. The minimum absolute atomic E-state index is 0.257. The molecule has 1 N–H and O–H groups in total. The van der Waals surface area contributed by atoms with Crippen LogP contribution in [-0.2, 0) is 17.8 Å². The molecule has 10 nitrogen and oxygen atoms in total. The van der Waals surface area contributed by atoms with Crippen molar-refractivity contribution in [3.8, 4) is 0 Å². The van der Waals surface area contributed by atoms with E-state index in [1.807, 2.05) is 35.0 Å². The van der Waals surface area contributed by atoms with Crippen molar-refractivity contribution in [2.75, 3.05) is 31.6 Å². The number of fused-ring (bicyclic) bond motifs is 1. The van der Waals surface area contributed by atoms with Gasteiger partial charge in [-0.3, -0.25) is 9.58 Å². The van der Waals surface area contributed by atoms with E-state index in [4.69, 9.17) is 9.26 Å². The van der Waals surface area contributed by atoms with Crippen LogP contribution >= 0.6 is 0 Å². The maximum absolute atomic E-state index is 13.6. The van der Waals surface area contributed by atoms with Crippen LogP contribution in [0.5, 0.6) is 0 Å². The van der Waals surface area contributed by atoms with Gasteiger partial charge in [-0.15, -0.1) is 0 Å². The molecule has 1 fully saturated rings. The number of hydrogen-bond donors (Lipinski definition) is 1. The first kappa shape index (κ1) is 23.9. The van der Waals surface area contributed by atoms with Gasteiger partial charge in [0.25, 0.3) is 5.89 Å². The van der Waals surface area contributed by atoms with Gasteiger partial charge in [-0.25, -0.2) is 14.4 Å². The van der Waals surface area contributed by atoms with E-state index < -0.39 is 0 Å². The molecule has 1 aliphatic rings. The van der Waals surface area contributed by atoms with Crippen molar-refractivity contribution in [3.63, 3.8) is 0 Å². The third-order valence-corrected chi connectivity index (χ3v) is 6.22. The van der Waals surface area contributed by atoms with E-state index in [1.54, 1.807) is 24.5 Å². The summed E-state index contributed by atoms with van der Waals surface area (Å²) >= 11 is 0. The van der Waals surface area contributed by atoms with Gasteiger partial charge in [0.15, 0.2) is 5.82 Å². The first-order valence-corrected chi connectivity index (χ1v) is 12.3. The lowest BCUT2D eigenvalue weighted by Gasteiger charge is -2.24. The number of hydrogen-bond acceptors (Lipinski definition) is 9.